The number of rotatable bonds is 6. The summed E-state index contributed by atoms with van der Waals surface area (Å²) in [7, 11) is 1.61. The number of methoxy groups -OCH3 is 1. The van der Waals surface area contributed by atoms with E-state index in [-0.39, 0.29) is 0 Å². The molecule has 3 nitrogen and oxygen atoms in total. The monoisotopic (exact) mass is 326 g/mol. The number of aliphatic hydroxyl groups excluding tert-OH is 1. The normalized spacial score (nSPS) is 12.2. The van der Waals surface area contributed by atoms with Crippen molar-refractivity contribution in [1.29, 1.82) is 0 Å². The van der Waals surface area contributed by atoms with Crippen molar-refractivity contribution < 1.29 is 14.6 Å². The van der Waals surface area contributed by atoms with Crippen molar-refractivity contribution in [3.63, 3.8) is 0 Å². The molecule has 1 N–H and O–H groups in total. The molecule has 21 heavy (non-hydrogen) atoms. The summed E-state index contributed by atoms with van der Waals surface area (Å²) in [6.45, 7) is 0.881. The molecule has 2 aromatic rings. The number of ether oxygens (including phenoxy) is 2. The van der Waals surface area contributed by atoms with E-state index in [1.54, 1.807) is 37.4 Å². The van der Waals surface area contributed by atoms with E-state index >= 15 is 0 Å². The summed E-state index contributed by atoms with van der Waals surface area (Å²) < 4.78 is 10.6. The third kappa shape index (κ3) is 3.89. The van der Waals surface area contributed by atoms with Gasteiger partial charge in [0.1, 0.15) is 18.5 Å². The number of halogens is 2. The van der Waals surface area contributed by atoms with Crippen LogP contribution in [0.2, 0.25) is 10.0 Å². The van der Waals surface area contributed by atoms with Gasteiger partial charge in [-0.3, -0.25) is 0 Å². The topological polar surface area (TPSA) is 38.7 Å². The summed E-state index contributed by atoms with van der Waals surface area (Å²) in [6.07, 6.45) is -0.907. The van der Waals surface area contributed by atoms with E-state index in [9.17, 15) is 5.11 Å². The minimum absolute atomic E-state index is 0.346. The van der Waals surface area contributed by atoms with E-state index in [1.165, 1.54) is 0 Å². The molecule has 0 bridgehead atoms. The van der Waals surface area contributed by atoms with Crippen LogP contribution in [0.3, 0.4) is 0 Å². The molecule has 0 heterocycles. The molecule has 0 radical (unpaired) electrons. The van der Waals surface area contributed by atoms with E-state index < -0.39 is 6.10 Å². The Morgan fingerprint density at radius 1 is 1.00 bits per heavy atom. The summed E-state index contributed by atoms with van der Waals surface area (Å²) >= 11 is 12.2. The Balaban J connectivity index is 2.30. The third-order valence-corrected chi connectivity index (χ3v) is 3.87. The molecular formula is C16H16Cl2O3. The Morgan fingerprint density at radius 3 is 2.48 bits per heavy atom. The van der Waals surface area contributed by atoms with Crippen LogP contribution in [-0.2, 0) is 4.74 Å². The highest BCUT2D eigenvalue weighted by molar-refractivity contribution is 6.42. The van der Waals surface area contributed by atoms with Crippen LogP contribution in [0.25, 0.3) is 0 Å². The second kappa shape index (κ2) is 7.66. The Hall–Kier alpha value is -1.26. The molecule has 5 heteroatoms. The number of aliphatic hydroxyl groups is 1. The predicted octanol–water partition coefficient (Wildman–Crippen LogP) is 4.10. The zero-order chi connectivity index (χ0) is 15.2. The Kier molecular flexibility index (Phi) is 5.88. The largest absolute Gasteiger partial charge is 0.491 e. The fourth-order valence-corrected chi connectivity index (χ4v) is 2.38. The quantitative estimate of drug-likeness (QED) is 0.812. The average Bonchev–Trinajstić information content (AvgIpc) is 2.50. The van der Waals surface area contributed by atoms with Crippen LogP contribution in [0.1, 0.15) is 17.2 Å². The SMILES string of the molecule is COCCOc1ccccc1C(O)c1cccc(Cl)c1Cl. The third-order valence-electron chi connectivity index (χ3n) is 3.03. The Labute approximate surface area is 134 Å². The molecule has 1 unspecified atom stereocenters. The van der Waals surface area contributed by atoms with Gasteiger partial charge in [-0.05, 0) is 12.1 Å². The minimum Gasteiger partial charge on any atom is -0.491 e. The van der Waals surface area contributed by atoms with Crippen molar-refractivity contribution >= 4 is 23.2 Å². The second-order valence-corrected chi connectivity index (χ2v) is 5.21. The summed E-state index contributed by atoms with van der Waals surface area (Å²) in [5, 5.41) is 11.3. The summed E-state index contributed by atoms with van der Waals surface area (Å²) in [6, 6.07) is 12.4. The lowest BCUT2D eigenvalue weighted by Gasteiger charge is -2.17. The number of hydrogen-bond acceptors (Lipinski definition) is 3. The van der Waals surface area contributed by atoms with Gasteiger partial charge >= 0.3 is 0 Å². The number of benzene rings is 2. The van der Waals surface area contributed by atoms with Crippen molar-refractivity contribution in [2.45, 2.75) is 6.10 Å². The molecular weight excluding hydrogens is 311 g/mol. The zero-order valence-electron chi connectivity index (χ0n) is 11.6. The van der Waals surface area contributed by atoms with Crippen LogP contribution in [-0.4, -0.2) is 25.4 Å². The smallest absolute Gasteiger partial charge is 0.125 e. The molecule has 0 spiro atoms. The van der Waals surface area contributed by atoms with Crippen LogP contribution in [0.15, 0.2) is 42.5 Å². The van der Waals surface area contributed by atoms with Crippen molar-refractivity contribution in [2.75, 3.05) is 20.3 Å². The van der Waals surface area contributed by atoms with Crippen molar-refractivity contribution in [2.24, 2.45) is 0 Å². The molecule has 0 aromatic heterocycles. The van der Waals surface area contributed by atoms with Gasteiger partial charge in [0.15, 0.2) is 0 Å². The fraction of sp³-hybridized carbons (Fsp3) is 0.250. The molecule has 0 saturated heterocycles. The average molecular weight is 327 g/mol. The molecule has 0 saturated carbocycles. The van der Waals surface area contributed by atoms with Crippen molar-refractivity contribution in [3.8, 4) is 5.75 Å². The molecule has 0 aliphatic carbocycles. The Bertz CT molecular complexity index is 602. The van der Waals surface area contributed by atoms with E-state index in [0.717, 1.165) is 0 Å². The van der Waals surface area contributed by atoms with Gasteiger partial charge in [0.2, 0.25) is 0 Å². The van der Waals surface area contributed by atoms with E-state index in [2.05, 4.69) is 0 Å². The van der Waals surface area contributed by atoms with Gasteiger partial charge in [-0.25, -0.2) is 0 Å². The first-order chi connectivity index (χ1) is 10.1. The lowest BCUT2D eigenvalue weighted by Crippen LogP contribution is -2.08. The van der Waals surface area contributed by atoms with Gasteiger partial charge in [-0.15, -0.1) is 0 Å². The molecule has 0 fully saturated rings. The highest BCUT2D eigenvalue weighted by atomic mass is 35.5. The van der Waals surface area contributed by atoms with Crippen LogP contribution >= 0.6 is 23.2 Å². The van der Waals surface area contributed by atoms with Gasteiger partial charge in [-0.1, -0.05) is 53.5 Å². The molecule has 1 atom stereocenters. The van der Waals surface area contributed by atoms with Crippen molar-refractivity contribution in [3.05, 3.63) is 63.6 Å². The summed E-state index contributed by atoms with van der Waals surface area (Å²) in [5.74, 6) is 0.595. The first-order valence-electron chi connectivity index (χ1n) is 6.47. The van der Waals surface area contributed by atoms with Crippen LogP contribution < -0.4 is 4.74 Å². The fourth-order valence-electron chi connectivity index (χ4n) is 1.97. The lowest BCUT2D eigenvalue weighted by molar-refractivity contribution is 0.142. The van der Waals surface area contributed by atoms with E-state index in [1.807, 2.05) is 12.1 Å². The molecule has 0 amide bonds. The molecule has 112 valence electrons. The Morgan fingerprint density at radius 2 is 1.71 bits per heavy atom. The molecule has 0 aliphatic rings. The summed E-state index contributed by atoms with van der Waals surface area (Å²) in [5.41, 5.74) is 1.18. The molecule has 0 aliphatic heterocycles. The zero-order valence-corrected chi connectivity index (χ0v) is 13.1. The predicted molar refractivity (Wildman–Crippen MR) is 84.3 cm³/mol. The molecule has 2 aromatic carbocycles. The van der Waals surface area contributed by atoms with E-state index in [0.29, 0.717) is 40.1 Å². The number of hydrogen-bond donors (Lipinski definition) is 1. The maximum absolute atomic E-state index is 10.6. The van der Waals surface area contributed by atoms with Gasteiger partial charge in [-0.2, -0.15) is 0 Å². The minimum atomic E-state index is -0.907. The summed E-state index contributed by atoms with van der Waals surface area (Å²) in [4.78, 5) is 0. The van der Waals surface area contributed by atoms with Gasteiger partial charge in [0.05, 0.1) is 16.7 Å². The van der Waals surface area contributed by atoms with Gasteiger partial charge in [0, 0.05) is 18.2 Å². The number of para-hydroxylation sites is 1. The first kappa shape index (κ1) is 16.1. The first-order valence-corrected chi connectivity index (χ1v) is 7.23. The van der Waals surface area contributed by atoms with Gasteiger partial charge in [0.25, 0.3) is 0 Å². The lowest BCUT2D eigenvalue weighted by atomic mass is 10.0. The standard InChI is InChI=1S/C16H16Cl2O3/c1-20-9-10-21-14-8-3-2-5-11(14)16(19)12-6-4-7-13(17)15(12)18/h2-8,16,19H,9-10H2,1H3. The highest BCUT2D eigenvalue weighted by Crippen LogP contribution is 2.36. The van der Waals surface area contributed by atoms with Gasteiger partial charge < -0.3 is 14.6 Å². The van der Waals surface area contributed by atoms with Crippen molar-refractivity contribution in [1.82, 2.24) is 0 Å². The molecule has 2 rings (SSSR count). The maximum atomic E-state index is 10.6. The van der Waals surface area contributed by atoms with E-state index in [4.69, 9.17) is 32.7 Å². The highest BCUT2D eigenvalue weighted by Gasteiger charge is 2.19. The van der Waals surface area contributed by atoms with Crippen LogP contribution in [0.5, 0.6) is 5.75 Å². The van der Waals surface area contributed by atoms with Crippen LogP contribution in [0.4, 0.5) is 0 Å². The second-order valence-electron chi connectivity index (χ2n) is 4.42. The van der Waals surface area contributed by atoms with Crippen LogP contribution in [0, 0.1) is 0 Å². The maximum Gasteiger partial charge on any atom is 0.125 e.